The molecule has 2 N–H and O–H groups in total. The summed E-state index contributed by atoms with van der Waals surface area (Å²) >= 11 is 12.8. The molecular formula is C16H17ClFN3OS2. The molecule has 1 aromatic heterocycles. The van der Waals surface area contributed by atoms with Gasteiger partial charge in [-0.15, -0.1) is 0 Å². The van der Waals surface area contributed by atoms with E-state index in [-0.39, 0.29) is 5.82 Å². The van der Waals surface area contributed by atoms with Crippen molar-refractivity contribution in [1.82, 2.24) is 10.3 Å². The van der Waals surface area contributed by atoms with Crippen molar-refractivity contribution >= 4 is 46.5 Å². The Bertz CT molecular complexity index is 683. The Morgan fingerprint density at radius 3 is 2.96 bits per heavy atom. The molecule has 128 valence electrons. The number of rotatable bonds is 7. The molecule has 0 aliphatic rings. The third-order valence-corrected chi connectivity index (χ3v) is 4.65. The number of pyridine rings is 1. The van der Waals surface area contributed by atoms with Gasteiger partial charge in [-0.1, -0.05) is 17.7 Å². The van der Waals surface area contributed by atoms with E-state index in [2.05, 4.69) is 15.6 Å². The molecule has 4 nitrogen and oxygen atoms in total. The molecule has 0 aliphatic heterocycles. The van der Waals surface area contributed by atoms with E-state index < -0.39 is 0 Å². The molecule has 1 heterocycles. The van der Waals surface area contributed by atoms with Crippen molar-refractivity contribution in [3.05, 3.63) is 52.9 Å². The van der Waals surface area contributed by atoms with Gasteiger partial charge in [-0.2, -0.15) is 11.8 Å². The second kappa shape index (κ2) is 9.66. The van der Waals surface area contributed by atoms with Crippen LogP contribution >= 0.6 is 35.6 Å². The number of thiocarbonyl (C=S) groups is 1. The number of thioether (sulfide) groups is 1. The molecule has 2 rings (SSSR count). The fraction of sp³-hybridized carbons (Fsp3) is 0.250. The van der Waals surface area contributed by atoms with Crippen LogP contribution in [0.3, 0.4) is 0 Å². The van der Waals surface area contributed by atoms with Crippen LogP contribution in [0.15, 0.2) is 36.5 Å². The van der Waals surface area contributed by atoms with Crippen LogP contribution in [-0.2, 0) is 5.75 Å². The summed E-state index contributed by atoms with van der Waals surface area (Å²) in [5.41, 5.74) is 0.531. The average Bonchev–Trinajstić information content (AvgIpc) is 2.57. The number of anilines is 1. The van der Waals surface area contributed by atoms with Crippen molar-refractivity contribution in [1.29, 1.82) is 0 Å². The summed E-state index contributed by atoms with van der Waals surface area (Å²) in [7, 11) is 1.57. The van der Waals surface area contributed by atoms with Gasteiger partial charge in [0.1, 0.15) is 5.82 Å². The highest BCUT2D eigenvalue weighted by Crippen LogP contribution is 2.23. The van der Waals surface area contributed by atoms with Crippen molar-refractivity contribution in [3.8, 4) is 5.75 Å². The first-order chi connectivity index (χ1) is 11.6. The predicted octanol–water partition coefficient (Wildman–Crippen LogP) is 4.10. The summed E-state index contributed by atoms with van der Waals surface area (Å²) in [6.45, 7) is 0.637. The van der Waals surface area contributed by atoms with Crippen LogP contribution in [0.2, 0.25) is 5.02 Å². The number of hydrogen-bond acceptors (Lipinski definition) is 4. The Balaban J connectivity index is 1.71. The van der Waals surface area contributed by atoms with Crippen LogP contribution in [0, 0.1) is 5.82 Å². The molecule has 0 spiro atoms. The second-order valence-corrected chi connectivity index (χ2v) is 6.61. The summed E-state index contributed by atoms with van der Waals surface area (Å²) in [4.78, 5) is 4.17. The predicted molar refractivity (Wildman–Crippen MR) is 103 cm³/mol. The first kappa shape index (κ1) is 18.8. The van der Waals surface area contributed by atoms with E-state index in [1.807, 2.05) is 0 Å². The summed E-state index contributed by atoms with van der Waals surface area (Å²) in [6.07, 6.45) is 1.65. The first-order valence-electron chi connectivity index (χ1n) is 7.16. The van der Waals surface area contributed by atoms with Crippen LogP contribution < -0.4 is 15.4 Å². The molecule has 1 aromatic carbocycles. The molecule has 0 fully saturated rings. The van der Waals surface area contributed by atoms with Crippen LogP contribution in [0.5, 0.6) is 5.75 Å². The third-order valence-electron chi connectivity index (χ3n) is 3.06. The van der Waals surface area contributed by atoms with Gasteiger partial charge in [-0.3, -0.25) is 0 Å². The highest BCUT2D eigenvalue weighted by atomic mass is 35.5. The fourth-order valence-electron chi connectivity index (χ4n) is 1.88. The molecule has 0 saturated heterocycles. The molecular weight excluding hydrogens is 369 g/mol. The lowest BCUT2D eigenvalue weighted by Gasteiger charge is -2.12. The minimum absolute atomic E-state index is 0.276. The third kappa shape index (κ3) is 5.51. The molecule has 0 atom stereocenters. The zero-order chi connectivity index (χ0) is 17.4. The molecule has 0 unspecified atom stereocenters. The zero-order valence-electron chi connectivity index (χ0n) is 13.0. The quantitative estimate of drug-likeness (QED) is 0.552. The van der Waals surface area contributed by atoms with E-state index in [0.29, 0.717) is 39.6 Å². The number of methoxy groups -OCH3 is 1. The number of hydrogen-bond donors (Lipinski definition) is 2. The van der Waals surface area contributed by atoms with Gasteiger partial charge in [0.2, 0.25) is 0 Å². The molecule has 0 saturated carbocycles. The van der Waals surface area contributed by atoms with E-state index in [1.54, 1.807) is 49.3 Å². The second-order valence-electron chi connectivity index (χ2n) is 4.69. The van der Waals surface area contributed by atoms with Gasteiger partial charge in [0.15, 0.2) is 16.7 Å². The van der Waals surface area contributed by atoms with Crippen LogP contribution in [0.25, 0.3) is 0 Å². The molecule has 0 aliphatic carbocycles. The summed E-state index contributed by atoms with van der Waals surface area (Å²) in [5.74, 6) is 2.17. The Kier molecular flexibility index (Phi) is 7.55. The first-order valence-corrected chi connectivity index (χ1v) is 9.10. The number of ether oxygens (including phenoxy) is 1. The monoisotopic (exact) mass is 385 g/mol. The maximum atomic E-state index is 13.6. The highest BCUT2D eigenvalue weighted by Gasteiger charge is 2.07. The number of nitrogens with zero attached hydrogens (tertiary/aromatic N) is 1. The van der Waals surface area contributed by atoms with E-state index in [0.717, 1.165) is 5.75 Å². The smallest absolute Gasteiger partial charge is 0.174 e. The SMILES string of the molecule is COc1cccnc1NC(=S)NCCSCc1c(F)cccc1Cl. The van der Waals surface area contributed by atoms with E-state index >= 15 is 0 Å². The lowest BCUT2D eigenvalue weighted by molar-refractivity contribution is 0.415. The van der Waals surface area contributed by atoms with Gasteiger partial charge in [-0.05, 0) is 36.5 Å². The average molecular weight is 386 g/mol. The van der Waals surface area contributed by atoms with Gasteiger partial charge in [0, 0.05) is 34.8 Å². The maximum Gasteiger partial charge on any atom is 0.174 e. The Morgan fingerprint density at radius 2 is 2.21 bits per heavy atom. The number of aromatic nitrogens is 1. The maximum absolute atomic E-state index is 13.6. The number of halogens is 2. The van der Waals surface area contributed by atoms with E-state index in [4.69, 9.17) is 28.6 Å². The van der Waals surface area contributed by atoms with Crippen LogP contribution in [-0.4, -0.2) is 29.5 Å². The van der Waals surface area contributed by atoms with Crippen molar-refractivity contribution in [2.45, 2.75) is 5.75 Å². The molecule has 0 bridgehead atoms. The van der Waals surface area contributed by atoms with Gasteiger partial charge < -0.3 is 15.4 Å². The van der Waals surface area contributed by atoms with E-state index in [9.17, 15) is 4.39 Å². The Morgan fingerprint density at radius 1 is 1.38 bits per heavy atom. The lowest BCUT2D eigenvalue weighted by Crippen LogP contribution is -2.30. The topological polar surface area (TPSA) is 46.2 Å². The summed E-state index contributed by atoms with van der Waals surface area (Å²) in [5, 5.41) is 6.97. The van der Waals surface area contributed by atoms with Crippen molar-refractivity contribution in [3.63, 3.8) is 0 Å². The number of benzene rings is 1. The van der Waals surface area contributed by atoms with Gasteiger partial charge in [0.25, 0.3) is 0 Å². The molecule has 0 amide bonds. The van der Waals surface area contributed by atoms with Crippen LogP contribution in [0.4, 0.5) is 10.2 Å². The zero-order valence-corrected chi connectivity index (χ0v) is 15.4. The highest BCUT2D eigenvalue weighted by molar-refractivity contribution is 7.98. The lowest BCUT2D eigenvalue weighted by atomic mass is 10.2. The minimum Gasteiger partial charge on any atom is -0.493 e. The molecule has 8 heteroatoms. The van der Waals surface area contributed by atoms with Crippen molar-refractivity contribution < 1.29 is 9.13 Å². The fourth-order valence-corrected chi connectivity index (χ4v) is 3.28. The normalized spacial score (nSPS) is 10.3. The van der Waals surface area contributed by atoms with Crippen LogP contribution in [0.1, 0.15) is 5.56 Å². The van der Waals surface area contributed by atoms with Crippen molar-refractivity contribution in [2.24, 2.45) is 0 Å². The van der Waals surface area contributed by atoms with Gasteiger partial charge in [-0.25, -0.2) is 9.37 Å². The molecule has 0 radical (unpaired) electrons. The largest absolute Gasteiger partial charge is 0.493 e. The Labute approximate surface area is 155 Å². The Hall–Kier alpha value is -1.57. The standard InChI is InChI=1S/C16H17ClFN3OS2/c1-22-14-6-3-7-19-15(14)21-16(23)20-8-9-24-10-11-12(17)4-2-5-13(11)18/h2-7H,8-10H2,1H3,(H2,19,20,21,23). The molecule has 2 aromatic rings. The van der Waals surface area contributed by atoms with E-state index in [1.165, 1.54) is 6.07 Å². The summed E-state index contributed by atoms with van der Waals surface area (Å²) < 4.78 is 18.8. The minimum atomic E-state index is -0.276. The number of nitrogens with one attached hydrogen (secondary N) is 2. The molecule has 24 heavy (non-hydrogen) atoms. The van der Waals surface area contributed by atoms with Crippen molar-refractivity contribution in [2.75, 3.05) is 24.7 Å². The summed E-state index contributed by atoms with van der Waals surface area (Å²) in [6, 6.07) is 8.29. The van der Waals surface area contributed by atoms with Gasteiger partial charge in [0.05, 0.1) is 7.11 Å². The van der Waals surface area contributed by atoms with Gasteiger partial charge >= 0.3 is 0 Å².